The molecule has 0 saturated carbocycles. The number of hydrogen-bond acceptors (Lipinski definition) is 6. The largest absolute Gasteiger partial charge is 0.478 e. The molecule has 152 valence electrons. The Balaban J connectivity index is 1.36. The van der Waals surface area contributed by atoms with Gasteiger partial charge in [0.1, 0.15) is 11.5 Å². The van der Waals surface area contributed by atoms with Gasteiger partial charge in [0.05, 0.1) is 23.2 Å². The first-order valence-electron chi connectivity index (χ1n) is 8.83. The standard InChI is InChI=1S/C21H15ClN2O6/c22-16-9-13(2-4-15(16)21(26)27)17-6-3-14(30-17)10-23-24-20(25)8-12-1-5-18-19(7-12)29-11-28-18/h1-7,9-10H,8,11H2,(H,24,25)(H,26,27)/b23-10-. The number of hydrogen-bond donors (Lipinski definition) is 2. The van der Waals surface area contributed by atoms with Crippen molar-refractivity contribution in [2.75, 3.05) is 6.79 Å². The number of nitrogens with zero attached hydrogens (tertiary/aromatic N) is 1. The van der Waals surface area contributed by atoms with E-state index in [9.17, 15) is 9.59 Å². The van der Waals surface area contributed by atoms with E-state index >= 15 is 0 Å². The minimum atomic E-state index is -1.10. The summed E-state index contributed by atoms with van der Waals surface area (Å²) in [6, 6.07) is 13.2. The molecule has 3 aromatic rings. The molecule has 1 aliphatic rings. The SMILES string of the molecule is O=C(Cc1ccc2c(c1)OCO2)N/N=C\c1ccc(-c2ccc(C(=O)O)c(Cl)c2)o1. The molecule has 0 radical (unpaired) electrons. The number of ether oxygens (including phenoxy) is 2. The maximum Gasteiger partial charge on any atom is 0.337 e. The van der Waals surface area contributed by atoms with Crippen LogP contribution < -0.4 is 14.9 Å². The lowest BCUT2D eigenvalue weighted by atomic mass is 10.1. The molecule has 0 spiro atoms. The van der Waals surface area contributed by atoms with Crippen LogP contribution >= 0.6 is 11.6 Å². The number of hydrazone groups is 1. The van der Waals surface area contributed by atoms with Crippen molar-refractivity contribution in [3.8, 4) is 22.8 Å². The van der Waals surface area contributed by atoms with E-state index < -0.39 is 5.97 Å². The van der Waals surface area contributed by atoms with Crippen molar-refractivity contribution in [2.24, 2.45) is 5.10 Å². The monoisotopic (exact) mass is 426 g/mol. The molecule has 2 heterocycles. The molecule has 0 bridgehead atoms. The topological polar surface area (TPSA) is 110 Å². The van der Waals surface area contributed by atoms with Gasteiger partial charge in [0.15, 0.2) is 11.5 Å². The van der Waals surface area contributed by atoms with Crippen molar-refractivity contribution in [3.05, 3.63) is 70.4 Å². The molecule has 0 aliphatic carbocycles. The van der Waals surface area contributed by atoms with Gasteiger partial charge in [-0.15, -0.1) is 0 Å². The summed E-state index contributed by atoms with van der Waals surface area (Å²) in [5.41, 5.74) is 3.84. The fourth-order valence-corrected chi connectivity index (χ4v) is 3.12. The Bertz CT molecular complexity index is 1150. The number of fused-ring (bicyclic) bond motifs is 1. The summed E-state index contributed by atoms with van der Waals surface area (Å²) in [5, 5.41) is 13.0. The fourth-order valence-electron chi connectivity index (χ4n) is 2.86. The molecule has 1 aliphatic heterocycles. The molecule has 1 aromatic heterocycles. The Morgan fingerprint density at radius 2 is 1.93 bits per heavy atom. The molecule has 0 atom stereocenters. The van der Waals surface area contributed by atoms with Crippen LogP contribution in [-0.4, -0.2) is 30.0 Å². The van der Waals surface area contributed by atoms with Gasteiger partial charge in [-0.2, -0.15) is 5.10 Å². The Hall–Kier alpha value is -3.78. The van der Waals surface area contributed by atoms with E-state index in [0.29, 0.717) is 28.6 Å². The summed E-state index contributed by atoms with van der Waals surface area (Å²) in [7, 11) is 0. The van der Waals surface area contributed by atoms with Gasteiger partial charge in [0.2, 0.25) is 12.7 Å². The minimum absolute atomic E-state index is 0.0129. The molecule has 30 heavy (non-hydrogen) atoms. The summed E-state index contributed by atoms with van der Waals surface area (Å²) >= 11 is 5.99. The number of nitrogens with one attached hydrogen (secondary N) is 1. The van der Waals surface area contributed by atoms with Crippen LogP contribution in [0.5, 0.6) is 11.5 Å². The average Bonchev–Trinajstić information content (AvgIpc) is 3.36. The maximum absolute atomic E-state index is 12.1. The predicted molar refractivity (Wildman–Crippen MR) is 108 cm³/mol. The van der Waals surface area contributed by atoms with Crippen molar-refractivity contribution in [1.29, 1.82) is 0 Å². The Kier molecular flexibility index (Phi) is 5.40. The van der Waals surface area contributed by atoms with Crippen LogP contribution in [0.4, 0.5) is 0 Å². The number of amides is 1. The number of carboxylic acid groups (broad SMARTS) is 1. The van der Waals surface area contributed by atoms with Crippen molar-refractivity contribution in [1.82, 2.24) is 5.43 Å². The second kappa shape index (κ2) is 8.30. The van der Waals surface area contributed by atoms with E-state index in [1.165, 1.54) is 18.3 Å². The molecule has 9 heteroatoms. The van der Waals surface area contributed by atoms with Crippen molar-refractivity contribution in [2.45, 2.75) is 6.42 Å². The van der Waals surface area contributed by atoms with Crippen LogP contribution in [0.15, 0.2) is 58.0 Å². The van der Waals surface area contributed by atoms with Crippen LogP contribution in [0.2, 0.25) is 5.02 Å². The van der Waals surface area contributed by atoms with Crippen LogP contribution in [0.3, 0.4) is 0 Å². The second-order valence-corrected chi connectivity index (χ2v) is 6.77. The average molecular weight is 427 g/mol. The van der Waals surface area contributed by atoms with Gasteiger partial charge in [0, 0.05) is 5.56 Å². The van der Waals surface area contributed by atoms with Crippen LogP contribution in [0, 0.1) is 0 Å². The Morgan fingerprint density at radius 1 is 1.10 bits per heavy atom. The number of furan rings is 1. The van der Waals surface area contributed by atoms with E-state index in [1.807, 2.05) is 0 Å². The Labute approximate surface area is 175 Å². The normalized spacial score (nSPS) is 12.3. The van der Waals surface area contributed by atoms with Crippen LogP contribution in [0.25, 0.3) is 11.3 Å². The first kappa shape index (κ1) is 19.5. The third-order valence-corrected chi connectivity index (χ3v) is 4.61. The van der Waals surface area contributed by atoms with Gasteiger partial charge in [-0.1, -0.05) is 23.7 Å². The molecule has 2 aromatic carbocycles. The van der Waals surface area contributed by atoms with Gasteiger partial charge in [-0.3, -0.25) is 4.79 Å². The quantitative estimate of drug-likeness (QED) is 0.459. The first-order chi connectivity index (χ1) is 14.5. The highest BCUT2D eigenvalue weighted by Gasteiger charge is 2.14. The number of aromatic carboxylic acids is 1. The zero-order valence-corrected chi connectivity index (χ0v) is 16.2. The van der Waals surface area contributed by atoms with E-state index in [0.717, 1.165) is 5.56 Å². The summed E-state index contributed by atoms with van der Waals surface area (Å²) in [4.78, 5) is 23.1. The number of benzene rings is 2. The van der Waals surface area contributed by atoms with Crippen molar-refractivity contribution in [3.63, 3.8) is 0 Å². The lowest BCUT2D eigenvalue weighted by Gasteiger charge is -2.02. The highest BCUT2D eigenvalue weighted by molar-refractivity contribution is 6.33. The molecule has 4 rings (SSSR count). The molecule has 8 nitrogen and oxygen atoms in total. The molecule has 0 saturated heterocycles. The number of carbonyl (C=O) groups is 2. The van der Waals surface area contributed by atoms with Gasteiger partial charge >= 0.3 is 5.97 Å². The lowest BCUT2D eigenvalue weighted by molar-refractivity contribution is -0.120. The number of halogens is 1. The second-order valence-electron chi connectivity index (χ2n) is 6.36. The van der Waals surface area contributed by atoms with Crippen molar-refractivity contribution < 1.29 is 28.6 Å². The highest BCUT2D eigenvalue weighted by atomic mass is 35.5. The van der Waals surface area contributed by atoms with Gasteiger partial charge in [-0.25, -0.2) is 10.2 Å². The zero-order valence-electron chi connectivity index (χ0n) is 15.4. The van der Waals surface area contributed by atoms with E-state index in [4.69, 9.17) is 30.6 Å². The third kappa shape index (κ3) is 4.28. The molecular weight excluding hydrogens is 412 g/mol. The lowest BCUT2D eigenvalue weighted by Crippen LogP contribution is -2.19. The van der Waals surface area contributed by atoms with Crippen LogP contribution in [0.1, 0.15) is 21.7 Å². The molecule has 0 fully saturated rings. The third-order valence-electron chi connectivity index (χ3n) is 4.29. The Morgan fingerprint density at radius 3 is 2.73 bits per heavy atom. The number of rotatable bonds is 6. The molecule has 2 N–H and O–H groups in total. The smallest absolute Gasteiger partial charge is 0.337 e. The van der Waals surface area contributed by atoms with E-state index in [2.05, 4.69) is 10.5 Å². The summed E-state index contributed by atoms with van der Waals surface area (Å²) < 4.78 is 16.2. The van der Waals surface area contributed by atoms with Gasteiger partial charge in [0.25, 0.3) is 0 Å². The predicted octanol–water partition coefficient (Wildman–Crippen LogP) is 3.72. The summed E-state index contributed by atoms with van der Waals surface area (Å²) in [6.07, 6.45) is 1.50. The highest BCUT2D eigenvalue weighted by Crippen LogP contribution is 2.32. The van der Waals surface area contributed by atoms with Crippen molar-refractivity contribution >= 4 is 29.7 Å². The van der Waals surface area contributed by atoms with Gasteiger partial charge < -0.3 is 19.0 Å². The van der Waals surface area contributed by atoms with Gasteiger partial charge in [-0.05, 0) is 42.0 Å². The number of carbonyl (C=O) groups excluding carboxylic acids is 1. The molecular formula is C21H15ClN2O6. The molecule has 1 amide bonds. The molecule has 0 unspecified atom stereocenters. The minimum Gasteiger partial charge on any atom is -0.478 e. The van der Waals surface area contributed by atoms with E-state index in [-0.39, 0.29) is 29.7 Å². The number of carboxylic acids is 1. The summed E-state index contributed by atoms with van der Waals surface area (Å²) in [5.74, 6) is 0.769. The first-order valence-corrected chi connectivity index (χ1v) is 9.21. The van der Waals surface area contributed by atoms with Crippen LogP contribution in [-0.2, 0) is 11.2 Å². The maximum atomic E-state index is 12.1. The zero-order chi connectivity index (χ0) is 21.1. The summed E-state index contributed by atoms with van der Waals surface area (Å²) in [6.45, 7) is 0.177. The van der Waals surface area contributed by atoms with E-state index in [1.54, 1.807) is 36.4 Å². The fraction of sp³-hybridized carbons (Fsp3) is 0.0952.